The largest absolute Gasteiger partial charge is 0.302 e. The fraction of sp³-hybridized carbons (Fsp3) is 0.360. The number of hydrogen-bond acceptors (Lipinski definition) is 4. The van der Waals surface area contributed by atoms with Crippen LogP contribution in [0, 0.1) is 6.92 Å². The fourth-order valence-electron chi connectivity index (χ4n) is 5.36. The van der Waals surface area contributed by atoms with E-state index < -0.39 is 0 Å². The summed E-state index contributed by atoms with van der Waals surface area (Å²) in [5.74, 6) is 1.93. The van der Waals surface area contributed by atoms with Gasteiger partial charge in [-0.1, -0.05) is 50.2 Å². The Kier molecular flexibility index (Phi) is 4.30. The minimum absolute atomic E-state index is 0.189. The van der Waals surface area contributed by atoms with Gasteiger partial charge in [-0.15, -0.1) is 0 Å². The molecule has 0 radical (unpaired) electrons. The molecule has 4 nitrogen and oxygen atoms in total. The van der Waals surface area contributed by atoms with Crippen LogP contribution in [0.4, 0.5) is 23.0 Å². The van der Waals surface area contributed by atoms with E-state index in [0.717, 1.165) is 37.3 Å². The highest BCUT2D eigenvalue weighted by atomic mass is 15.5. The molecule has 3 aromatic rings. The van der Waals surface area contributed by atoms with Gasteiger partial charge in [0.1, 0.15) is 6.17 Å². The highest BCUT2D eigenvalue weighted by Gasteiger charge is 2.46. The average Bonchev–Trinajstić information content (AvgIpc) is 3.01. The summed E-state index contributed by atoms with van der Waals surface area (Å²) in [6, 6.07) is 17.6. The number of benzene rings is 2. The standard InChI is InChI=1S/C25H28N4/c1-4-25(5-2)15-14-22-28(20-12-8-6-10-18(20)3)23-24(27-17-16-26-23)29(22)21-13-9-7-11-19(21)25/h6-13,16-17,22H,4-5,14-15H2,1-3H3. The molecule has 2 aromatic carbocycles. The third-order valence-corrected chi connectivity index (χ3v) is 7.06. The van der Waals surface area contributed by atoms with Gasteiger partial charge in [-0.3, -0.25) is 0 Å². The molecule has 148 valence electrons. The lowest BCUT2D eigenvalue weighted by Crippen LogP contribution is -2.38. The summed E-state index contributed by atoms with van der Waals surface area (Å²) in [5, 5.41) is 0. The highest BCUT2D eigenvalue weighted by Crippen LogP contribution is 2.53. The number of para-hydroxylation sites is 2. The zero-order valence-electron chi connectivity index (χ0n) is 17.5. The maximum atomic E-state index is 4.81. The Morgan fingerprint density at radius 3 is 2.10 bits per heavy atom. The molecule has 1 unspecified atom stereocenters. The molecule has 5 rings (SSSR count). The molecule has 0 bridgehead atoms. The van der Waals surface area contributed by atoms with Gasteiger partial charge in [0, 0.05) is 23.8 Å². The lowest BCUT2D eigenvalue weighted by molar-refractivity contribution is 0.354. The van der Waals surface area contributed by atoms with Crippen molar-refractivity contribution < 1.29 is 0 Å². The van der Waals surface area contributed by atoms with Crippen LogP contribution in [0.15, 0.2) is 60.9 Å². The molecule has 2 aliphatic heterocycles. The summed E-state index contributed by atoms with van der Waals surface area (Å²) in [7, 11) is 0. The molecule has 4 heteroatoms. The van der Waals surface area contributed by atoms with E-state index in [0.29, 0.717) is 0 Å². The number of aryl methyl sites for hydroxylation is 1. The quantitative estimate of drug-likeness (QED) is 0.534. The molecular formula is C25H28N4. The van der Waals surface area contributed by atoms with Gasteiger partial charge in [-0.05, 0) is 61.3 Å². The Bertz CT molecular complexity index is 1040. The van der Waals surface area contributed by atoms with E-state index in [9.17, 15) is 0 Å². The Morgan fingerprint density at radius 1 is 0.862 bits per heavy atom. The summed E-state index contributed by atoms with van der Waals surface area (Å²) >= 11 is 0. The van der Waals surface area contributed by atoms with E-state index >= 15 is 0 Å². The van der Waals surface area contributed by atoms with E-state index in [-0.39, 0.29) is 11.6 Å². The Labute approximate surface area is 173 Å². The highest BCUT2D eigenvalue weighted by molar-refractivity contribution is 5.85. The molecule has 3 heterocycles. The summed E-state index contributed by atoms with van der Waals surface area (Å²) in [6.45, 7) is 6.86. The molecule has 1 atom stereocenters. The first kappa shape index (κ1) is 18.2. The van der Waals surface area contributed by atoms with Gasteiger partial charge < -0.3 is 9.80 Å². The first-order chi connectivity index (χ1) is 14.2. The molecule has 0 fully saturated rings. The number of anilines is 4. The molecule has 0 saturated heterocycles. The lowest BCUT2D eigenvalue weighted by atomic mass is 9.72. The van der Waals surface area contributed by atoms with E-state index in [2.05, 4.69) is 79.1 Å². The van der Waals surface area contributed by atoms with Crippen LogP contribution in [-0.2, 0) is 5.41 Å². The Morgan fingerprint density at radius 2 is 1.45 bits per heavy atom. The zero-order valence-corrected chi connectivity index (χ0v) is 17.5. The van der Waals surface area contributed by atoms with Gasteiger partial charge >= 0.3 is 0 Å². The molecule has 29 heavy (non-hydrogen) atoms. The fourth-order valence-corrected chi connectivity index (χ4v) is 5.36. The predicted octanol–water partition coefficient (Wildman–Crippen LogP) is 6.25. The lowest BCUT2D eigenvalue weighted by Gasteiger charge is -2.33. The van der Waals surface area contributed by atoms with Crippen LogP contribution in [0.2, 0.25) is 0 Å². The smallest absolute Gasteiger partial charge is 0.178 e. The summed E-state index contributed by atoms with van der Waals surface area (Å²) < 4.78 is 0. The van der Waals surface area contributed by atoms with E-state index in [1.807, 2.05) is 12.4 Å². The van der Waals surface area contributed by atoms with Crippen molar-refractivity contribution in [1.82, 2.24) is 9.97 Å². The second-order valence-corrected chi connectivity index (χ2v) is 8.25. The van der Waals surface area contributed by atoms with Crippen LogP contribution in [0.1, 0.15) is 50.7 Å². The predicted molar refractivity (Wildman–Crippen MR) is 119 cm³/mol. The third kappa shape index (κ3) is 2.58. The molecule has 0 N–H and O–H groups in total. The molecule has 0 aliphatic carbocycles. The number of nitrogens with zero attached hydrogens (tertiary/aromatic N) is 4. The van der Waals surface area contributed by atoms with Crippen LogP contribution in [0.5, 0.6) is 0 Å². The number of rotatable bonds is 3. The van der Waals surface area contributed by atoms with Gasteiger partial charge in [0.05, 0.1) is 0 Å². The SMILES string of the molecule is CCC1(CC)CCC2N(c3ccccc3C)c3nccnc3N2c2ccccc21. The summed E-state index contributed by atoms with van der Waals surface area (Å²) in [6.07, 6.45) is 8.35. The minimum Gasteiger partial charge on any atom is -0.302 e. The van der Waals surface area contributed by atoms with Crippen molar-refractivity contribution in [2.45, 2.75) is 58.0 Å². The maximum absolute atomic E-state index is 4.81. The van der Waals surface area contributed by atoms with Crippen molar-refractivity contribution in [3.8, 4) is 0 Å². The molecular weight excluding hydrogens is 356 g/mol. The molecule has 2 aliphatic rings. The second kappa shape index (κ2) is 6.87. The van der Waals surface area contributed by atoms with Gasteiger partial charge in [0.15, 0.2) is 11.6 Å². The summed E-state index contributed by atoms with van der Waals surface area (Å²) in [5.41, 5.74) is 5.44. The average molecular weight is 385 g/mol. The van der Waals surface area contributed by atoms with Crippen molar-refractivity contribution in [3.63, 3.8) is 0 Å². The summed E-state index contributed by atoms with van der Waals surface area (Å²) in [4.78, 5) is 14.4. The van der Waals surface area contributed by atoms with Gasteiger partial charge in [0.2, 0.25) is 0 Å². The topological polar surface area (TPSA) is 32.3 Å². The van der Waals surface area contributed by atoms with Crippen LogP contribution in [0.25, 0.3) is 0 Å². The molecule has 0 amide bonds. The molecule has 1 aromatic heterocycles. The number of aromatic nitrogens is 2. The van der Waals surface area contributed by atoms with Gasteiger partial charge in [0.25, 0.3) is 0 Å². The van der Waals surface area contributed by atoms with Gasteiger partial charge in [-0.2, -0.15) is 0 Å². The monoisotopic (exact) mass is 384 g/mol. The number of hydrogen-bond donors (Lipinski definition) is 0. The van der Waals surface area contributed by atoms with Crippen LogP contribution in [0.3, 0.4) is 0 Å². The van der Waals surface area contributed by atoms with Crippen molar-refractivity contribution in [3.05, 3.63) is 72.1 Å². The normalized spacial score (nSPS) is 19.3. The molecule has 0 spiro atoms. The first-order valence-corrected chi connectivity index (χ1v) is 10.7. The van der Waals surface area contributed by atoms with Crippen molar-refractivity contribution in [2.75, 3.05) is 9.80 Å². The maximum Gasteiger partial charge on any atom is 0.178 e. The van der Waals surface area contributed by atoms with Crippen LogP contribution >= 0.6 is 0 Å². The Hall–Kier alpha value is -2.88. The minimum atomic E-state index is 0.189. The first-order valence-electron chi connectivity index (χ1n) is 10.7. The number of fused-ring (bicyclic) bond motifs is 5. The van der Waals surface area contributed by atoms with Crippen molar-refractivity contribution in [1.29, 1.82) is 0 Å². The van der Waals surface area contributed by atoms with Crippen molar-refractivity contribution >= 4 is 23.0 Å². The Balaban J connectivity index is 1.76. The van der Waals surface area contributed by atoms with Crippen molar-refractivity contribution in [2.24, 2.45) is 0 Å². The second-order valence-electron chi connectivity index (χ2n) is 8.25. The van der Waals surface area contributed by atoms with E-state index in [1.165, 1.54) is 22.5 Å². The third-order valence-electron chi connectivity index (χ3n) is 7.06. The zero-order chi connectivity index (χ0) is 20.0. The van der Waals surface area contributed by atoms with Gasteiger partial charge in [-0.25, -0.2) is 9.97 Å². The van der Waals surface area contributed by atoms with Crippen LogP contribution < -0.4 is 9.80 Å². The molecule has 0 saturated carbocycles. The van der Waals surface area contributed by atoms with E-state index in [4.69, 9.17) is 9.97 Å². The van der Waals surface area contributed by atoms with Crippen LogP contribution in [-0.4, -0.2) is 16.1 Å². The van der Waals surface area contributed by atoms with E-state index in [1.54, 1.807) is 0 Å².